The van der Waals surface area contributed by atoms with E-state index in [1.54, 1.807) is 4.90 Å². The van der Waals surface area contributed by atoms with Gasteiger partial charge < -0.3 is 4.90 Å². The van der Waals surface area contributed by atoms with E-state index in [2.05, 4.69) is 12.0 Å². The molecular weight excluding hydrogens is 86.1 g/mol. The molecule has 0 bridgehead atoms. The Morgan fingerprint density at radius 1 is 1.57 bits per heavy atom. The summed E-state index contributed by atoms with van der Waals surface area (Å²) >= 11 is 0. The summed E-state index contributed by atoms with van der Waals surface area (Å²) in [7, 11) is 0. The van der Waals surface area contributed by atoms with Gasteiger partial charge in [0.15, 0.2) is 0 Å². The average molecular weight is 91.1 g/mol. The number of terminal acetylenes is 2. The second-order valence-electron chi connectivity index (χ2n) is 1.46. The Kier molecular flexibility index (Phi) is 0.704. The lowest BCUT2D eigenvalue weighted by Crippen LogP contribution is -1.86. The van der Waals surface area contributed by atoms with Gasteiger partial charge in [-0.05, 0) is 0 Å². The monoisotopic (exact) mass is 91.0 g/mol. The highest BCUT2D eigenvalue weighted by molar-refractivity contribution is 5.17. The summed E-state index contributed by atoms with van der Waals surface area (Å²) in [5.74, 6) is 2.52. The fraction of sp³-hybridized carbons (Fsp3) is 0.333. The first kappa shape index (κ1) is 4.09. The van der Waals surface area contributed by atoms with Crippen LogP contribution in [0.25, 0.3) is 0 Å². The lowest BCUT2D eigenvalue weighted by atomic mass is 10.5. The van der Waals surface area contributed by atoms with Crippen molar-refractivity contribution in [2.75, 3.05) is 6.54 Å². The number of nitrogens with zero attached hydrogens (tertiary/aromatic N) is 1. The highest BCUT2D eigenvalue weighted by atomic mass is 15.3. The normalized spacial score (nSPS) is 25.4. The van der Waals surface area contributed by atoms with E-state index in [1.807, 2.05) is 0 Å². The molecule has 1 heterocycles. The Morgan fingerprint density at radius 2 is 2.29 bits per heavy atom. The number of hydrogen-bond donors (Lipinski definition) is 0. The minimum atomic E-state index is 0.241. The van der Waals surface area contributed by atoms with Crippen LogP contribution in [0.15, 0.2) is 0 Å². The first-order valence-corrected chi connectivity index (χ1v) is 2.07. The summed E-state index contributed by atoms with van der Waals surface area (Å²) < 4.78 is 0. The van der Waals surface area contributed by atoms with Crippen LogP contribution in [0.3, 0.4) is 0 Å². The van der Waals surface area contributed by atoms with Gasteiger partial charge in [-0.3, -0.25) is 0 Å². The van der Waals surface area contributed by atoms with Crippen LogP contribution in [-0.2, 0) is 0 Å². The van der Waals surface area contributed by atoms with Gasteiger partial charge in [-0.2, -0.15) is 0 Å². The van der Waals surface area contributed by atoms with E-state index in [9.17, 15) is 0 Å². The third-order valence-corrected chi connectivity index (χ3v) is 0.970. The predicted molar refractivity (Wildman–Crippen MR) is 28.2 cm³/mol. The lowest BCUT2D eigenvalue weighted by Gasteiger charge is -1.78. The molecule has 0 aromatic heterocycles. The smallest absolute Gasteiger partial charge is 0.116 e. The van der Waals surface area contributed by atoms with Crippen molar-refractivity contribution >= 4 is 0 Å². The van der Waals surface area contributed by atoms with E-state index in [1.165, 1.54) is 0 Å². The van der Waals surface area contributed by atoms with E-state index < -0.39 is 0 Å². The second kappa shape index (κ2) is 1.21. The Hall–Kier alpha value is -1.08. The van der Waals surface area contributed by atoms with Crippen molar-refractivity contribution in [3.63, 3.8) is 0 Å². The SMILES string of the molecule is C#CC1CN1C#C. The molecule has 1 saturated heterocycles. The molecule has 1 nitrogen and oxygen atoms in total. The molecule has 1 unspecified atom stereocenters. The molecule has 1 rings (SSSR count). The third-order valence-electron chi connectivity index (χ3n) is 0.970. The zero-order valence-corrected chi connectivity index (χ0v) is 3.89. The minimum Gasteiger partial charge on any atom is -0.313 e. The van der Waals surface area contributed by atoms with Crippen molar-refractivity contribution in [3.05, 3.63) is 0 Å². The maximum atomic E-state index is 5.01. The molecule has 0 radical (unpaired) electrons. The summed E-state index contributed by atoms with van der Waals surface area (Å²) in [6, 6.07) is 2.67. The van der Waals surface area contributed by atoms with Crippen LogP contribution < -0.4 is 0 Å². The van der Waals surface area contributed by atoms with E-state index in [0.717, 1.165) is 6.54 Å². The van der Waals surface area contributed by atoms with Crippen LogP contribution >= 0.6 is 0 Å². The Morgan fingerprint density at radius 3 is 2.43 bits per heavy atom. The molecule has 1 atom stereocenters. The standard InChI is InChI=1S/C6H5N/c1-3-6-5-7(6)4-2/h1-2,6H,5H2. The van der Waals surface area contributed by atoms with Crippen molar-refractivity contribution in [2.24, 2.45) is 0 Å². The van der Waals surface area contributed by atoms with Gasteiger partial charge in [-0.25, -0.2) is 0 Å². The van der Waals surface area contributed by atoms with Crippen LogP contribution in [0.1, 0.15) is 0 Å². The molecule has 0 saturated carbocycles. The van der Waals surface area contributed by atoms with Gasteiger partial charge in [-0.15, -0.1) is 6.42 Å². The molecule has 1 aliphatic heterocycles. The molecule has 34 valence electrons. The minimum absolute atomic E-state index is 0.241. The van der Waals surface area contributed by atoms with Crippen LogP contribution in [0, 0.1) is 24.8 Å². The fourth-order valence-corrected chi connectivity index (χ4v) is 0.425. The van der Waals surface area contributed by atoms with Gasteiger partial charge in [0.25, 0.3) is 0 Å². The molecule has 1 heteroatoms. The summed E-state index contributed by atoms with van der Waals surface area (Å²) in [6.07, 6.45) is 9.99. The van der Waals surface area contributed by atoms with Gasteiger partial charge in [0.1, 0.15) is 6.04 Å². The van der Waals surface area contributed by atoms with E-state index in [4.69, 9.17) is 12.8 Å². The van der Waals surface area contributed by atoms with E-state index in [0.29, 0.717) is 0 Å². The van der Waals surface area contributed by atoms with E-state index >= 15 is 0 Å². The molecule has 0 aromatic rings. The summed E-state index contributed by atoms with van der Waals surface area (Å²) in [5, 5.41) is 0. The summed E-state index contributed by atoms with van der Waals surface area (Å²) in [6.45, 7) is 0.882. The average Bonchev–Trinajstić information content (AvgIpc) is 2.43. The zero-order valence-electron chi connectivity index (χ0n) is 3.89. The van der Waals surface area contributed by atoms with Gasteiger partial charge in [-0.1, -0.05) is 12.3 Å². The highest BCUT2D eigenvalue weighted by Crippen LogP contribution is 2.12. The van der Waals surface area contributed by atoms with Crippen LogP contribution in [0.5, 0.6) is 0 Å². The topological polar surface area (TPSA) is 3.01 Å². The predicted octanol–water partition coefficient (Wildman–Crippen LogP) is -0.105. The van der Waals surface area contributed by atoms with Gasteiger partial charge in [0.05, 0.1) is 6.54 Å². The molecule has 1 aliphatic rings. The van der Waals surface area contributed by atoms with Crippen LogP contribution in [0.2, 0.25) is 0 Å². The highest BCUT2D eigenvalue weighted by Gasteiger charge is 2.28. The van der Waals surface area contributed by atoms with Gasteiger partial charge >= 0.3 is 0 Å². The Bertz CT molecular complexity index is 129. The first-order chi connectivity index (χ1) is 3.38. The molecule has 0 N–H and O–H groups in total. The first-order valence-electron chi connectivity index (χ1n) is 2.07. The second-order valence-corrected chi connectivity index (χ2v) is 1.46. The Balaban J connectivity index is 2.39. The molecule has 0 aromatic carbocycles. The van der Waals surface area contributed by atoms with Crippen molar-refractivity contribution in [1.82, 2.24) is 4.90 Å². The van der Waals surface area contributed by atoms with Crippen molar-refractivity contribution in [2.45, 2.75) is 6.04 Å². The maximum Gasteiger partial charge on any atom is 0.116 e. The number of rotatable bonds is 0. The molecule has 0 aliphatic carbocycles. The van der Waals surface area contributed by atoms with Crippen LogP contribution in [0.4, 0.5) is 0 Å². The molecule has 1 fully saturated rings. The quantitative estimate of drug-likeness (QED) is 0.297. The largest absolute Gasteiger partial charge is 0.313 e. The third kappa shape index (κ3) is 0.527. The van der Waals surface area contributed by atoms with Crippen molar-refractivity contribution < 1.29 is 0 Å². The van der Waals surface area contributed by atoms with Crippen molar-refractivity contribution in [1.29, 1.82) is 0 Å². The molecule has 7 heavy (non-hydrogen) atoms. The molecular formula is C6H5N. The lowest BCUT2D eigenvalue weighted by molar-refractivity contribution is 0.780. The molecule has 0 spiro atoms. The maximum absolute atomic E-state index is 5.01. The van der Waals surface area contributed by atoms with E-state index in [-0.39, 0.29) is 6.04 Å². The summed E-state index contributed by atoms with van der Waals surface area (Å²) in [4.78, 5) is 1.76. The molecule has 0 amide bonds. The zero-order chi connectivity index (χ0) is 5.28. The fourth-order valence-electron chi connectivity index (χ4n) is 0.425. The van der Waals surface area contributed by atoms with Crippen molar-refractivity contribution in [3.8, 4) is 24.8 Å². The number of hydrogen-bond acceptors (Lipinski definition) is 1. The summed E-state index contributed by atoms with van der Waals surface area (Å²) in [5.41, 5.74) is 0. The Labute approximate surface area is 43.3 Å². The van der Waals surface area contributed by atoms with Gasteiger partial charge in [0, 0.05) is 6.04 Å². The van der Waals surface area contributed by atoms with Gasteiger partial charge in [0.2, 0.25) is 0 Å². The van der Waals surface area contributed by atoms with Crippen LogP contribution in [-0.4, -0.2) is 17.5 Å².